The Morgan fingerprint density at radius 1 is 1.08 bits per heavy atom. The number of carbonyl (C=O) groups is 2. The van der Waals surface area contributed by atoms with E-state index in [-0.39, 0.29) is 24.9 Å². The fourth-order valence-corrected chi connectivity index (χ4v) is 4.93. The van der Waals surface area contributed by atoms with Crippen molar-refractivity contribution in [3.63, 3.8) is 0 Å². The van der Waals surface area contributed by atoms with E-state index in [1.165, 1.54) is 11.3 Å². The summed E-state index contributed by atoms with van der Waals surface area (Å²) in [5.74, 6) is 0.936. The van der Waals surface area contributed by atoms with Crippen molar-refractivity contribution in [1.29, 1.82) is 0 Å². The van der Waals surface area contributed by atoms with Crippen LogP contribution in [0.5, 0.6) is 11.5 Å². The van der Waals surface area contributed by atoms with E-state index in [0.29, 0.717) is 35.0 Å². The van der Waals surface area contributed by atoms with E-state index >= 15 is 0 Å². The Labute approximate surface area is 226 Å². The summed E-state index contributed by atoms with van der Waals surface area (Å²) in [7, 11) is 3.11. The van der Waals surface area contributed by atoms with Gasteiger partial charge in [0, 0.05) is 23.1 Å². The molecule has 4 aromatic rings. The van der Waals surface area contributed by atoms with Gasteiger partial charge in [-0.1, -0.05) is 37.3 Å². The molecule has 2 aromatic heterocycles. The minimum absolute atomic E-state index is 0.0693. The zero-order chi connectivity index (χ0) is 27.1. The van der Waals surface area contributed by atoms with Crippen LogP contribution in [0, 0.1) is 5.92 Å². The van der Waals surface area contributed by atoms with Crippen LogP contribution >= 0.6 is 11.3 Å². The number of aromatic nitrogens is 3. The molecule has 0 aliphatic heterocycles. The molecule has 1 N–H and O–H groups in total. The average molecular weight is 536 g/mol. The SMILES string of the molecule is COc1ccc([C@@H](C(=O)NCCC(C)C)N(Cc2cccs2)C(=O)Cn2nnc3ccccc32)c(OC)c1. The van der Waals surface area contributed by atoms with Crippen molar-refractivity contribution in [2.75, 3.05) is 20.8 Å². The largest absolute Gasteiger partial charge is 0.497 e. The number of hydrogen-bond acceptors (Lipinski definition) is 7. The first-order chi connectivity index (χ1) is 18.4. The van der Waals surface area contributed by atoms with Crippen LogP contribution in [0.15, 0.2) is 60.0 Å². The zero-order valence-corrected chi connectivity index (χ0v) is 22.9. The summed E-state index contributed by atoms with van der Waals surface area (Å²) in [4.78, 5) is 30.4. The van der Waals surface area contributed by atoms with Gasteiger partial charge in [-0.2, -0.15) is 0 Å². The number of nitrogens with zero attached hydrogens (tertiary/aromatic N) is 4. The maximum atomic E-state index is 14.0. The van der Waals surface area contributed by atoms with Crippen molar-refractivity contribution in [3.05, 3.63) is 70.4 Å². The van der Waals surface area contributed by atoms with Gasteiger partial charge in [-0.3, -0.25) is 9.59 Å². The van der Waals surface area contributed by atoms with Crippen molar-refractivity contribution in [2.45, 2.75) is 39.4 Å². The Morgan fingerprint density at radius 3 is 2.61 bits per heavy atom. The molecule has 38 heavy (non-hydrogen) atoms. The molecule has 4 rings (SSSR count). The normalized spacial score (nSPS) is 11.9. The molecule has 9 nitrogen and oxygen atoms in total. The van der Waals surface area contributed by atoms with E-state index in [9.17, 15) is 9.59 Å². The van der Waals surface area contributed by atoms with Crippen molar-refractivity contribution in [1.82, 2.24) is 25.2 Å². The summed E-state index contributed by atoms with van der Waals surface area (Å²) in [6, 6.07) is 15.7. The number of nitrogens with one attached hydrogen (secondary N) is 1. The molecule has 200 valence electrons. The number of thiophene rings is 1. The standard InChI is InChI=1S/C28H33N5O4S/c1-19(2)13-14-29-28(35)27(22-12-11-20(36-3)16-25(22)37-4)32(17-21-8-7-15-38-21)26(34)18-33-24-10-6-5-9-23(24)30-31-33/h5-12,15-16,19,27H,13-14,17-18H2,1-4H3,(H,29,35)/t27-/m0/s1. The number of hydrogen-bond donors (Lipinski definition) is 1. The van der Waals surface area contributed by atoms with Gasteiger partial charge in [-0.25, -0.2) is 4.68 Å². The van der Waals surface area contributed by atoms with Gasteiger partial charge in [0.25, 0.3) is 0 Å². The van der Waals surface area contributed by atoms with Gasteiger partial charge in [-0.15, -0.1) is 16.4 Å². The third-order valence-corrected chi connectivity index (χ3v) is 7.11. The van der Waals surface area contributed by atoms with Crippen LogP contribution in [0.25, 0.3) is 11.0 Å². The van der Waals surface area contributed by atoms with Gasteiger partial charge in [0.2, 0.25) is 11.8 Å². The Balaban J connectivity index is 1.75. The maximum absolute atomic E-state index is 14.0. The molecule has 0 aliphatic carbocycles. The van der Waals surface area contributed by atoms with Crippen LogP contribution in [-0.2, 0) is 22.7 Å². The Morgan fingerprint density at radius 2 is 1.89 bits per heavy atom. The van der Waals surface area contributed by atoms with Crippen molar-refractivity contribution >= 4 is 34.2 Å². The molecule has 0 unspecified atom stereocenters. The molecule has 0 aliphatic rings. The van der Waals surface area contributed by atoms with Crippen LogP contribution in [0.4, 0.5) is 0 Å². The third kappa shape index (κ3) is 6.31. The van der Waals surface area contributed by atoms with Gasteiger partial charge in [-0.05, 0) is 48.1 Å². The van der Waals surface area contributed by atoms with Crippen LogP contribution in [-0.4, -0.2) is 52.5 Å². The second-order valence-electron chi connectivity index (χ2n) is 9.32. The van der Waals surface area contributed by atoms with Crippen molar-refractivity contribution in [2.24, 2.45) is 5.92 Å². The molecule has 0 saturated carbocycles. The lowest BCUT2D eigenvalue weighted by atomic mass is 10.0. The van der Waals surface area contributed by atoms with Crippen LogP contribution in [0.1, 0.15) is 36.8 Å². The molecule has 0 fully saturated rings. The summed E-state index contributed by atoms with van der Waals surface area (Å²) in [5, 5.41) is 13.4. The minimum Gasteiger partial charge on any atom is -0.497 e. The molecule has 2 heterocycles. The Bertz CT molecular complexity index is 1370. The van der Waals surface area contributed by atoms with E-state index in [0.717, 1.165) is 16.8 Å². The number of benzene rings is 2. The molecule has 2 amide bonds. The first-order valence-electron chi connectivity index (χ1n) is 12.5. The molecular weight excluding hydrogens is 502 g/mol. The predicted molar refractivity (Wildman–Crippen MR) is 147 cm³/mol. The molecular formula is C28H33N5O4S. The van der Waals surface area contributed by atoms with Gasteiger partial charge in [0.1, 0.15) is 29.6 Å². The lowest BCUT2D eigenvalue weighted by molar-refractivity contribution is -0.142. The van der Waals surface area contributed by atoms with Crippen molar-refractivity contribution < 1.29 is 19.1 Å². The van der Waals surface area contributed by atoms with Gasteiger partial charge in [0.05, 0.1) is 26.3 Å². The lowest BCUT2D eigenvalue weighted by Crippen LogP contribution is -2.45. The number of rotatable bonds is 12. The smallest absolute Gasteiger partial charge is 0.247 e. The molecule has 0 radical (unpaired) electrons. The summed E-state index contributed by atoms with van der Waals surface area (Å²) < 4.78 is 12.6. The predicted octanol–water partition coefficient (Wildman–Crippen LogP) is 4.44. The Kier molecular flexibility index (Phi) is 8.96. The van der Waals surface area contributed by atoms with E-state index in [2.05, 4.69) is 29.5 Å². The van der Waals surface area contributed by atoms with Crippen LogP contribution in [0.3, 0.4) is 0 Å². The Hall–Kier alpha value is -3.92. The van der Waals surface area contributed by atoms with Crippen LogP contribution < -0.4 is 14.8 Å². The van der Waals surface area contributed by atoms with Crippen LogP contribution in [0.2, 0.25) is 0 Å². The topological polar surface area (TPSA) is 98.6 Å². The molecule has 2 aromatic carbocycles. The number of amides is 2. The summed E-state index contributed by atoms with van der Waals surface area (Å²) in [6.07, 6.45) is 0.821. The molecule has 0 spiro atoms. The third-order valence-electron chi connectivity index (χ3n) is 6.25. The average Bonchev–Trinajstić information content (AvgIpc) is 3.58. The molecule has 0 saturated heterocycles. The quantitative estimate of drug-likeness (QED) is 0.288. The summed E-state index contributed by atoms with van der Waals surface area (Å²) in [6.45, 7) is 4.89. The number of methoxy groups -OCH3 is 2. The lowest BCUT2D eigenvalue weighted by Gasteiger charge is -2.32. The van der Waals surface area contributed by atoms with Gasteiger partial charge >= 0.3 is 0 Å². The summed E-state index contributed by atoms with van der Waals surface area (Å²) in [5.41, 5.74) is 2.02. The first kappa shape index (κ1) is 27.1. The molecule has 1 atom stereocenters. The summed E-state index contributed by atoms with van der Waals surface area (Å²) >= 11 is 1.53. The van der Waals surface area contributed by atoms with Gasteiger partial charge < -0.3 is 19.7 Å². The second-order valence-corrected chi connectivity index (χ2v) is 10.4. The molecule has 0 bridgehead atoms. The number of carbonyl (C=O) groups excluding carboxylic acids is 2. The fourth-order valence-electron chi connectivity index (χ4n) is 4.22. The monoisotopic (exact) mass is 535 g/mol. The highest BCUT2D eigenvalue weighted by molar-refractivity contribution is 7.09. The molecule has 10 heteroatoms. The number of fused-ring (bicyclic) bond motifs is 1. The highest BCUT2D eigenvalue weighted by Crippen LogP contribution is 2.34. The maximum Gasteiger partial charge on any atom is 0.247 e. The van der Waals surface area contributed by atoms with Crippen molar-refractivity contribution in [3.8, 4) is 11.5 Å². The van der Waals surface area contributed by atoms with E-state index < -0.39 is 6.04 Å². The second kappa shape index (κ2) is 12.6. The van der Waals surface area contributed by atoms with E-state index in [1.54, 1.807) is 42.0 Å². The fraction of sp³-hybridized carbons (Fsp3) is 0.357. The highest BCUT2D eigenvalue weighted by Gasteiger charge is 2.34. The minimum atomic E-state index is -0.938. The van der Waals surface area contributed by atoms with Gasteiger partial charge in [0.15, 0.2) is 0 Å². The van der Waals surface area contributed by atoms with E-state index in [4.69, 9.17) is 9.47 Å². The number of ether oxygens (including phenoxy) is 2. The van der Waals surface area contributed by atoms with E-state index in [1.807, 2.05) is 41.8 Å². The number of para-hydroxylation sites is 1. The zero-order valence-electron chi connectivity index (χ0n) is 22.1. The first-order valence-corrected chi connectivity index (χ1v) is 13.4. The highest BCUT2D eigenvalue weighted by atomic mass is 32.1.